The number of nitrogens with zero attached hydrogens (tertiary/aromatic N) is 2. The van der Waals surface area contributed by atoms with Crippen molar-refractivity contribution in [3.05, 3.63) is 29.6 Å². The van der Waals surface area contributed by atoms with Gasteiger partial charge in [-0.1, -0.05) is 13.0 Å². The van der Waals surface area contributed by atoms with E-state index in [1.807, 2.05) is 12.1 Å². The maximum atomic E-state index is 14.3. The second kappa shape index (κ2) is 7.76. The molecule has 118 valence electrons. The molecular weight excluding hydrogens is 265 g/mol. The van der Waals surface area contributed by atoms with Gasteiger partial charge in [0.1, 0.15) is 5.82 Å². The second-order valence-electron chi connectivity index (χ2n) is 6.26. The molecule has 1 saturated heterocycles. The van der Waals surface area contributed by atoms with Crippen LogP contribution in [-0.4, -0.2) is 45.2 Å². The highest BCUT2D eigenvalue weighted by Crippen LogP contribution is 2.26. The highest BCUT2D eigenvalue weighted by atomic mass is 19.1. The third-order valence-electron chi connectivity index (χ3n) is 4.17. The molecule has 0 aromatic heterocycles. The molecule has 3 nitrogen and oxygen atoms in total. The second-order valence-corrected chi connectivity index (χ2v) is 6.26. The van der Waals surface area contributed by atoms with Crippen molar-refractivity contribution in [2.75, 3.05) is 45.2 Å². The fourth-order valence-electron chi connectivity index (χ4n) is 3.06. The van der Waals surface area contributed by atoms with Gasteiger partial charge in [-0.2, -0.15) is 0 Å². The molecule has 1 fully saturated rings. The van der Waals surface area contributed by atoms with Crippen LogP contribution in [0.3, 0.4) is 0 Å². The van der Waals surface area contributed by atoms with E-state index in [1.165, 1.54) is 0 Å². The summed E-state index contributed by atoms with van der Waals surface area (Å²) in [6.45, 7) is 6.76. The van der Waals surface area contributed by atoms with Crippen LogP contribution in [0.4, 0.5) is 10.1 Å². The van der Waals surface area contributed by atoms with Gasteiger partial charge in [0.05, 0.1) is 5.69 Å². The normalized spacial score (nSPS) is 16.7. The van der Waals surface area contributed by atoms with Crippen LogP contribution in [0, 0.1) is 11.7 Å². The quantitative estimate of drug-likeness (QED) is 0.870. The number of hydrogen-bond donors (Lipinski definition) is 1. The molecule has 2 rings (SSSR count). The number of rotatable bonds is 6. The Morgan fingerprint density at radius 2 is 2.00 bits per heavy atom. The minimum absolute atomic E-state index is 0.0866. The number of piperidine rings is 1. The predicted octanol–water partition coefficient (Wildman–Crippen LogP) is 2.71. The van der Waals surface area contributed by atoms with E-state index in [9.17, 15) is 4.39 Å². The Kier molecular flexibility index (Phi) is 6.00. The molecule has 0 aliphatic carbocycles. The third-order valence-corrected chi connectivity index (χ3v) is 4.17. The lowest BCUT2D eigenvalue weighted by atomic mass is 9.96. The van der Waals surface area contributed by atoms with Crippen molar-refractivity contribution < 1.29 is 4.39 Å². The number of nitrogens with one attached hydrogen (secondary N) is 1. The van der Waals surface area contributed by atoms with E-state index < -0.39 is 0 Å². The van der Waals surface area contributed by atoms with Gasteiger partial charge in [-0.05, 0) is 57.1 Å². The summed E-state index contributed by atoms with van der Waals surface area (Å²) in [5, 5.41) is 3.23. The summed E-state index contributed by atoms with van der Waals surface area (Å²) in [6, 6.07) is 5.64. The van der Waals surface area contributed by atoms with Crippen LogP contribution < -0.4 is 10.2 Å². The van der Waals surface area contributed by atoms with Gasteiger partial charge in [0.15, 0.2) is 0 Å². The first kappa shape index (κ1) is 16.2. The molecule has 1 heterocycles. The van der Waals surface area contributed by atoms with E-state index in [1.54, 1.807) is 6.07 Å². The van der Waals surface area contributed by atoms with Crippen molar-refractivity contribution in [3.8, 4) is 0 Å². The van der Waals surface area contributed by atoms with Crippen molar-refractivity contribution >= 4 is 5.69 Å². The largest absolute Gasteiger partial charge is 0.369 e. The summed E-state index contributed by atoms with van der Waals surface area (Å²) in [7, 11) is 4.24. The standard InChI is InChI=1S/C17H28FN3/c1-4-19-12-15-5-6-17(16(18)11-15)21-9-7-14(8-10-21)13-20(2)3/h5-6,11,14,19H,4,7-10,12-13H2,1-3H3. The molecular formula is C17H28FN3. The van der Waals surface area contributed by atoms with Crippen LogP contribution in [0.1, 0.15) is 25.3 Å². The van der Waals surface area contributed by atoms with Crippen LogP contribution in [0.25, 0.3) is 0 Å². The van der Waals surface area contributed by atoms with Crippen molar-refractivity contribution in [3.63, 3.8) is 0 Å². The lowest BCUT2D eigenvalue weighted by Gasteiger charge is -2.35. The van der Waals surface area contributed by atoms with Crippen LogP contribution in [-0.2, 0) is 6.54 Å². The van der Waals surface area contributed by atoms with Gasteiger partial charge in [0.2, 0.25) is 0 Å². The van der Waals surface area contributed by atoms with Gasteiger partial charge in [-0.15, -0.1) is 0 Å². The van der Waals surface area contributed by atoms with Crippen molar-refractivity contribution in [2.24, 2.45) is 5.92 Å². The van der Waals surface area contributed by atoms with Crippen LogP contribution in [0.2, 0.25) is 0 Å². The van der Waals surface area contributed by atoms with E-state index in [0.717, 1.165) is 62.7 Å². The van der Waals surface area contributed by atoms with Gasteiger partial charge in [0.25, 0.3) is 0 Å². The molecule has 1 aliphatic heterocycles. The molecule has 1 aliphatic rings. The molecule has 1 aromatic rings. The summed E-state index contributed by atoms with van der Waals surface area (Å²) < 4.78 is 14.3. The summed E-state index contributed by atoms with van der Waals surface area (Å²) in [5.74, 6) is 0.656. The topological polar surface area (TPSA) is 18.5 Å². The Bertz CT molecular complexity index is 440. The lowest BCUT2D eigenvalue weighted by molar-refractivity contribution is 0.284. The van der Waals surface area contributed by atoms with Gasteiger partial charge in [0, 0.05) is 26.2 Å². The zero-order valence-electron chi connectivity index (χ0n) is 13.5. The maximum Gasteiger partial charge on any atom is 0.146 e. The fourth-order valence-corrected chi connectivity index (χ4v) is 3.06. The first-order valence-corrected chi connectivity index (χ1v) is 7.99. The fraction of sp³-hybridized carbons (Fsp3) is 0.647. The van der Waals surface area contributed by atoms with E-state index in [4.69, 9.17) is 0 Å². The monoisotopic (exact) mass is 293 g/mol. The molecule has 1 N–H and O–H groups in total. The smallest absolute Gasteiger partial charge is 0.146 e. The van der Waals surface area contributed by atoms with E-state index >= 15 is 0 Å². The van der Waals surface area contributed by atoms with Gasteiger partial charge in [-0.25, -0.2) is 4.39 Å². The summed E-state index contributed by atoms with van der Waals surface area (Å²) in [4.78, 5) is 4.44. The molecule has 1 aromatic carbocycles. The summed E-state index contributed by atoms with van der Waals surface area (Å²) >= 11 is 0. The number of anilines is 1. The summed E-state index contributed by atoms with van der Waals surface area (Å²) in [6.07, 6.45) is 2.30. The SMILES string of the molecule is CCNCc1ccc(N2CCC(CN(C)C)CC2)c(F)c1. The Labute approximate surface area is 128 Å². The molecule has 0 amide bonds. The zero-order chi connectivity index (χ0) is 15.2. The number of halogens is 1. The molecule has 0 atom stereocenters. The van der Waals surface area contributed by atoms with Crippen LogP contribution >= 0.6 is 0 Å². The molecule has 0 radical (unpaired) electrons. The van der Waals surface area contributed by atoms with Crippen molar-refractivity contribution in [1.82, 2.24) is 10.2 Å². The maximum absolute atomic E-state index is 14.3. The Balaban J connectivity index is 1.94. The van der Waals surface area contributed by atoms with Crippen molar-refractivity contribution in [1.29, 1.82) is 0 Å². The van der Waals surface area contributed by atoms with Gasteiger partial charge in [-0.3, -0.25) is 0 Å². The van der Waals surface area contributed by atoms with Crippen LogP contribution in [0.15, 0.2) is 18.2 Å². The van der Waals surface area contributed by atoms with Crippen molar-refractivity contribution in [2.45, 2.75) is 26.3 Å². The summed E-state index contributed by atoms with van der Waals surface area (Å²) in [5.41, 5.74) is 1.78. The number of hydrogen-bond acceptors (Lipinski definition) is 3. The first-order valence-electron chi connectivity index (χ1n) is 7.99. The van der Waals surface area contributed by atoms with E-state index in [0.29, 0.717) is 0 Å². The lowest BCUT2D eigenvalue weighted by Crippen LogP contribution is -2.37. The average molecular weight is 293 g/mol. The number of benzene rings is 1. The Morgan fingerprint density at radius 1 is 1.29 bits per heavy atom. The van der Waals surface area contributed by atoms with Crippen LogP contribution in [0.5, 0.6) is 0 Å². The Morgan fingerprint density at radius 3 is 2.57 bits per heavy atom. The highest BCUT2D eigenvalue weighted by molar-refractivity contribution is 5.49. The molecule has 0 bridgehead atoms. The first-order chi connectivity index (χ1) is 10.1. The molecule has 0 spiro atoms. The molecule has 4 heteroatoms. The minimum atomic E-state index is -0.0866. The molecule has 0 saturated carbocycles. The minimum Gasteiger partial charge on any atom is -0.369 e. The van der Waals surface area contributed by atoms with Gasteiger partial charge < -0.3 is 15.1 Å². The molecule has 0 unspecified atom stereocenters. The van der Waals surface area contributed by atoms with Gasteiger partial charge >= 0.3 is 0 Å². The molecule has 21 heavy (non-hydrogen) atoms. The highest BCUT2D eigenvalue weighted by Gasteiger charge is 2.21. The average Bonchev–Trinajstić information content (AvgIpc) is 2.46. The third kappa shape index (κ3) is 4.68. The van der Waals surface area contributed by atoms with E-state index in [2.05, 4.69) is 36.1 Å². The Hall–Kier alpha value is -1.13. The zero-order valence-corrected chi connectivity index (χ0v) is 13.5. The predicted molar refractivity (Wildman–Crippen MR) is 87.3 cm³/mol. The van der Waals surface area contributed by atoms with E-state index in [-0.39, 0.29) is 5.82 Å².